The summed E-state index contributed by atoms with van der Waals surface area (Å²) in [5.74, 6) is -0.246. The highest BCUT2D eigenvalue weighted by Crippen LogP contribution is 2.26. The molecule has 0 fully saturated rings. The summed E-state index contributed by atoms with van der Waals surface area (Å²) in [5.41, 5.74) is 2.11. The number of aryl methyl sites for hydroxylation is 1. The average molecular weight is 385 g/mol. The maximum atomic E-state index is 12.9. The fourth-order valence-corrected chi connectivity index (χ4v) is 4.31. The molecule has 0 saturated heterocycles. The van der Waals surface area contributed by atoms with Crippen LogP contribution in [0.15, 0.2) is 71.7 Å². The molecular weight excluding hydrogens is 370 g/mol. The number of hydrogen-bond acceptors (Lipinski definition) is 4. The predicted molar refractivity (Wildman–Crippen MR) is 113 cm³/mol. The lowest BCUT2D eigenvalue weighted by molar-refractivity contribution is 0.103. The number of thiophene rings is 1. The van der Waals surface area contributed by atoms with Crippen LogP contribution in [0.3, 0.4) is 0 Å². The lowest BCUT2D eigenvalue weighted by Gasteiger charge is -2.07. The van der Waals surface area contributed by atoms with Crippen LogP contribution < -0.4 is 10.9 Å². The number of pyridine rings is 1. The average Bonchev–Trinajstić information content (AvgIpc) is 3.14. The van der Waals surface area contributed by atoms with Gasteiger partial charge >= 0.3 is 0 Å². The zero-order valence-corrected chi connectivity index (χ0v) is 15.8. The van der Waals surface area contributed by atoms with E-state index in [2.05, 4.69) is 10.3 Å². The molecule has 5 nitrogen and oxygen atoms in total. The highest BCUT2D eigenvalue weighted by atomic mass is 32.1. The molecular formula is C22H15N3O2S. The maximum absolute atomic E-state index is 12.9. The topological polar surface area (TPSA) is 63.5 Å². The molecule has 0 bridgehead atoms. The van der Waals surface area contributed by atoms with Crippen molar-refractivity contribution in [2.45, 2.75) is 6.92 Å². The second-order valence-corrected chi connectivity index (χ2v) is 7.64. The Labute approximate surface area is 163 Å². The molecule has 0 aliphatic rings. The standard InChI is InChI=1S/C22H15N3O2S/c1-13-6-5-11-25-19(13)24-21-16(22(25)27)12-18(28-21)20(26)23-17-10-4-8-14-7-2-3-9-15(14)17/h2-12H,1H3,(H,23,26). The fraction of sp³-hybridized carbons (Fsp3) is 0.0455. The third-order valence-electron chi connectivity index (χ3n) is 4.79. The van der Waals surface area contributed by atoms with Crippen LogP contribution in [0, 0.1) is 6.92 Å². The van der Waals surface area contributed by atoms with Crippen molar-refractivity contribution in [3.05, 3.63) is 87.7 Å². The van der Waals surface area contributed by atoms with Crippen LogP contribution in [0.1, 0.15) is 15.2 Å². The molecule has 2 aromatic carbocycles. The maximum Gasteiger partial charge on any atom is 0.266 e. The van der Waals surface area contributed by atoms with Gasteiger partial charge in [-0.2, -0.15) is 0 Å². The lowest BCUT2D eigenvalue weighted by Crippen LogP contribution is -2.14. The number of carbonyl (C=O) groups excluding carboxylic acids is 1. The van der Waals surface area contributed by atoms with Crippen LogP contribution in [0.2, 0.25) is 0 Å². The summed E-state index contributed by atoms with van der Waals surface area (Å²) in [6.07, 6.45) is 1.70. The molecule has 0 radical (unpaired) electrons. The van der Waals surface area contributed by atoms with Gasteiger partial charge in [-0.3, -0.25) is 14.0 Å². The summed E-state index contributed by atoms with van der Waals surface area (Å²) in [4.78, 5) is 31.3. The van der Waals surface area contributed by atoms with Gasteiger partial charge in [0.15, 0.2) is 0 Å². The molecule has 5 aromatic rings. The van der Waals surface area contributed by atoms with Crippen LogP contribution in [0.25, 0.3) is 26.6 Å². The van der Waals surface area contributed by atoms with E-state index in [-0.39, 0.29) is 11.5 Å². The van der Waals surface area contributed by atoms with Crippen LogP contribution in [0.5, 0.6) is 0 Å². The number of hydrogen-bond donors (Lipinski definition) is 1. The number of carbonyl (C=O) groups is 1. The van der Waals surface area contributed by atoms with E-state index in [9.17, 15) is 9.59 Å². The second kappa shape index (κ2) is 6.28. The molecule has 3 aromatic heterocycles. The van der Waals surface area contributed by atoms with Crippen molar-refractivity contribution >= 4 is 49.6 Å². The SMILES string of the molecule is Cc1cccn2c(=O)c3cc(C(=O)Nc4cccc5ccccc45)sc3nc12. The van der Waals surface area contributed by atoms with E-state index in [0.29, 0.717) is 20.7 Å². The Balaban J connectivity index is 1.60. The van der Waals surface area contributed by atoms with Gasteiger partial charge in [0.25, 0.3) is 11.5 Å². The molecule has 28 heavy (non-hydrogen) atoms. The van der Waals surface area contributed by atoms with Crippen molar-refractivity contribution in [2.24, 2.45) is 0 Å². The highest BCUT2D eigenvalue weighted by Gasteiger charge is 2.16. The molecule has 136 valence electrons. The zero-order valence-electron chi connectivity index (χ0n) is 15.0. The Hall–Kier alpha value is -3.51. The normalized spacial score (nSPS) is 11.3. The van der Waals surface area contributed by atoms with E-state index in [0.717, 1.165) is 22.0 Å². The quantitative estimate of drug-likeness (QED) is 0.482. The molecule has 5 rings (SSSR count). The predicted octanol–water partition coefficient (Wildman–Crippen LogP) is 4.62. The van der Waals surface area contributed by atoms with E-state index in [1.807, 2.05) is 61.5 Å². The molecule has 6 heteroatoms. The largest absolute Gasteiger partial charge is 0.321 e. The third-order valence-corrected chi connectivity index (χ3v) is 5.82. The van der Waals surface area contributed by atoms with Gasteiger partial charge in [-0.1, -0.05) is 42.5 Å². The van der Waals surface area contributed by atoms with Crippen molar-refractivity contribution in [1.29, 1.82) is 0 Å². The molecule has 3 heterocycles. The minimum absolute atomic E-state index is 0.163. The molecule has 0 spiro atoms. The molecule has 0 saturated carbocycles. The van der Waals surface area contributed by atoms with Crippen LogP contribution in [-0.2, 0) is 0 Å². The monoisotopic (exact) mass is 385 g/mol. The molecule has 1 N–H and O–H groups in total. The molecule has 0 atom stereocenters. The molecule has 0 unspecified atom stereocenters. The van der Waals surface area contributed by atoms with Gasteiger partial charge in [0.05, 0.1) is 10.3 Å². The zero-order chi connectivity index (χ0) is 19.3. The summed E-state index contributed by atoms with van der Waals surface area (Å²) in [7, 11) is 0. The number of amides is 1. The van der Waals surface area contributed by atoms with Crippen LogP contribution >= 0.6 is 11.3 Å². The molecule has 0 aliphatic heterocycles. The first-order valence-electron chi connectivity index (χ1n) is 8.82. The van der Waals surface area contributed by atoms with Crippen LogP contribution in [0.4, 0.5) is 5.69 Å². The van der Waals surface area contributed by atoms with Gasteiger partial charge in [-0.15, -0.1) is 11.3 Å². The third kappa shape index (κ3) is 2.58. The Morgan fingerprint density at radius 3 is 2.75 bits per heavy atom. The van der Waals surface area contributed by atoms with Gasteiger partial charge < -0.3 is 5.32 Å². The number of aromatic nitrogens is 2. The Kier molecular flexibility index (Phi) is 3.74. The number of anilines is 1. The van der Waals surface area contributed by atoms with Gasteiger partial charge in [0.1, 0.15) is 10.5 Å². The molecule has 1 amide bonds. The second-order valence-electron chi connectivity index (χ2n) is 6.61. The minimum Gasteiger partial charge on any atom is -0.321 e. The van der Waals surface area contributed by atoms with E-state index < -0.39 is 0 Å². The highest BCUT2D eigenvalue weighted by molar-refractivity contribution is 7.20. The number of rotatable bonds is 2. The van der Waals surface area contributed by atoms with Crippen LogP contribution in [-0.4, -0.2) is 15.3 Å². The van der Waals surface area contributed by atoms with Gasteiger partial charge in [-0.25, -0.2) is 4.98 Å². The van der Waals surface area contributed by atoms with E-state index in [4.69, 9.17) is 0 Å². The Morgan fingerprint density at radius 1 is 1.04 bits per heavy atom. The van der Waals surface area contributed by atoms with Crippen molar-refractivity contribution < 1.29 is 4.79 Å². The summed E-state index contributed by atoms with van der Waals surface area (Å²) >= 11 is 1.23. The van der Waals surface area contributed by atoms with Crippen molar-refractivity contribution in [1.82, 2.24) is 9.38 Å². The smallest absolute Gasteiger partial charge is 0.266 e. The van der Waals surface area contributed by atoms with Gasteiger partial charge in [0, 0.05) is 17.3 Å². The summed E-state index contributed by atoms with van der Waals surface area (Å²) in [6, 6.07) is 19.0. The Bertz CT molecular complexity index is 1440. The summed E-state index contributed by atoms with van der Waals surface area (Å²) in [5, 5.41) is 5.45. The van der Waals surface area contributed by atoms with Crippen molar-refractivity contribution in [2.75, 3.05) is 5.32 Å². The lowest BCUT2D eigenvalue weighted by atomic mass is 10.1. The first kappa shape index (κ1) is 16.6. The van der Waals surface area contributed by atoms with E-state index >= 15 is 0 Å². The van der Waals surface area contributed by atoms with Gasteiger partial charge in [0.2, 0.25) is 0 Å². The fourth-order valence-electron chi connectivity index (χ4n) is 3.39. The minimum atomic E-state index is -0.246. The number of benzene rings is 2. The first-order chi connectivity index (χ1) is 13.6. The number of nitrogens with zero attached hydrogens (tertiary/aromatic N) is 2. The van der Waals surface area contributed by atoms with Crippen molar-refractivity contribution in [3.63, 3.8) is 0 Å². The Morgan fingerprint density at radius 2 is 1.86 bits per heavy atom. The first-order valence-corrected chi connectivity index (χ1v) is 9.64. The molecule has 0 aliphatic carbocycles. The summed E-state index contributed by atoms with van der Waals surface area (Å²) in [6.45, 7) is 1.91. The number of fused-ring (bicyclic) bond motifs is 3. The van der Waals surface area contributed by atoms with E-state index in [1.165, 1.54) is 15.7 Å². The van der Waals surface area contributed by atoms with E-state index in [1.54, 1.807) is 12.3 Å². The summed E-state index contributed by atoms with van der Waals surface area (Å²) < 4.78 is 1.52. The van der Waals surface area contributed by atoms with Crippen molar-refractivity contribution in [3.8, 4) is 0 Å². The van der Waals surface area contributed by atoms with Gasteiger partial charge in [-0.05, 0) is 36.1 Å². The number of nitrogens with one attached hydrogen (secondary N) is 1.